The van der Waals surface area contributed by atoms with E-state index >= 15 is 24.0 Å². The molecule has 8 atom stereocenters. The van der Waals surface area contributed by atoms with E-state index in [0.717, 1.165) is 21.4 Å². The van der Waals surface area contributed by atoms with E-state index in [4.69, 9.17) is 4.74 Å². The summed E-state index contributed by atoms with van der Waals surface area (Å²) >= 11 is 0. The van der Waals surface area contributed by atoms with Gasteiger partial charge in [0, 0.05) is 60.7 Å². The zero-order valence-corrected chi connectivity index (χ0v) is 47.6. The van der Waals surface area contributed by atoms with Crippen molar-refractivity contribution in [3.05, 3.63) is 179 Å². The predicted octanol–water partition coefficient (Wildman–Crippen LogP) is 4.87. The van der Waals surface area contributed by atoms with Crippen molar-refractivity contribution < 1.29 is 48.2 Å². The fraction of sp³-hybridized carbons (Fsp3) is 0.385. The lowest BCUT2D eigenvalue weighted by Crippen LogP contribution is -2.62. The molecule has 6 N–H and O–H groups in total. The van der Waals surface area contributed by atoms with Gasteiger partial charge < -0.3 is 50.8 Å². The van der Waals surface area contributed by atoms with E-state index in [0.29, 0.717) is 29.5 Å². The molecule has 0 radical (unpaired) electrons. The smallest absolute Gasteiger partial charge is 0.257 e. The zero-order valence-electron chi connectivity index (χ0n) is 47.6. The number of hydrogen-bond acceptors (Lipinski definition) is 10. The summed E-state index contributed by atoms with van der Waals surface area (Å²) < 4.78 is 6.31. The third-order valence-electron chi connectivity index (χ3n) is 16.6. The van der Waals surface area contributed by atoms with Crippen molar-refractivity contribution in [2.45, 2.75) is 127 Å². The van der Waals surface area contributed by atoms with Gasteiger partial charge in [-0.05, 0) is 79.3 Å². The first-order valence-electron chi connectivity index (χ1n) is 29.1. The van der Waals surface area contributed by atoms with Gasteiger partial charge in [-0.15, -0.1) is 0 Å². The van der Waals surface area contributed by atoms with Crippen molar-refractivity contribution in [1.82, 2.24) is 45.9 Å². The molecular weight excluding hydrogens is 1070 g/mol. The molecule has 10 rings (SSSR count). The third kappa shape index (κ3) is 12.9. The normalized spacial score (nSPS) is 24.4. The van der Waals surface area contributed by atoms with Crippen LogP contribution in [-0.4, -0.2) is 145 Å². The number of fused-ring (bicyclic) bond motifs is 6. The van der Waals surface area contributed by atoms with Crippen molar-refractivity contribution >= 4 is 58.2 Å². The van der Waals surface area contributed by atoms with Crippen LogP contribution in [0.4, 0.5) is 0 Å². The molecule has 6 aromatic rings. The maximum Gasteiger partial charge on any atom is 0.257 e. The van der Waals surface area contributed by atoms with Gasteiger partial charge in [-0.2, -0.15) is 0 Å². The Hall–Kier alpha value is -8.68. The molecule has 0 aliphatic carbocycles. The number of aromatic amines is 1. The number of H-pyrrole nitrogens is 1. The number of aromatic nitrogens is 1. The molecule has 5 heterocycles. The lowest BCUT2D eigenvalue weighted by Gasteiger charge is -2.40. The second-order valence-electron chi connectivity index (χ2n) is 22.9. The van der Waals surface area contributed by atoms with E-state index in [9.17, 15) is 19.5 Å². The fourth-order valence-corrected chi connectivity index (χ4v) is 12.3. The number of rotatable bonds is 12. The van der Waals surface area contributed by atoms with Crippen molar-refractivity contribution in [2.24, 2.45) is 5.92 Å². The lowest BCUT2D eigenvalue weighted by molar-refractivity contribution is -0.155. The standard InChI is InChI=1S/C65H73N9O10/c1-41(2)33-51-58(76)69-53(35-46-36-66-50-28-16-14-25-47(46)50)63(81)73-32-18-30-55(73)64(82)71(37-44-21-9-5-10-22-44)40-65(83)49-27-15-13-26-48(49)61(79)74(65)38-56(75)67-52(34-43-19-7-4-8-20-43)62(80)72-31-17-29-54(72)59(77)70-57(60(78)68-51)42(3)84-39-45-23-11-6-12-24-45/h4-16,19-28,36,41-42,51-55,57,66,83H,17-18,29-35,37-40H2,1-3H3,(H,67,75)(H,68,78)(H,69,76)(H,70,77)/t42-,51+,52+,53+,54+,55+,57+,65+/m1/s1. The van der Waals surface area contributed by atoms with E-state index in [2.05, 4.69) is 26.3 Å². The summed E-state index contributed by atoms with van der Waals surface area (Å²) in [5.74, 6) is -5.42. The molecule has 19 nitrogen and oxygen atoms in total. The molecule has 5 aromatic carbocycles. The maximum absolute atomic E-state index is 15.6. The molecule has 4 aliphatic rings. The maximum atomic E-state index is 15.6. The van der Waals surface area contributed by atoms with Crippen LogP contribution in [0.2, 0.25) is 0 Å². The van der Waals surface area contributed by atoms with Gasteiger partial charge in [-0.3, -0.25) is 43.3 Å². The Bertz CT molecular complexity index is 3380. The number of hydrogen-bond donors (Lipinski definition) is 6. The van der Waals surface area contributed by atoms with Crippen molar-refractivity contribution in [2.75, 3.05) is 26.2 Å². The first-order valence-corrected chi connectivity index (χ1v) is 29.1. The van der Waals surface area contributed by atoms with Gasteiger partial charge in [0.25, 0.3) is 5.91 Å². The van der Waals surface area contributed by atoms with Crippen LogP contribution in [0.15, 0.2) is 146 Å². The highest BCUT2D eigenvalue weighted by molar-refractivity contribution is 6.03. The summed E-state index contributed by atoms with van der Waals surface area (Å²) in [4.78, 5) is 129. The number of amides is 8. The highest BCUT2D eigenvalue weighted by Crippen LogP contribution is 2.39. The summed E-state index contributed by atoms with van der Waals surface area (Å²) in [6.07, 6.45) is 2.14. The quantitative estimate of drug-likeness (QED) is 0.0972. The highest BCUT2D eigenvalue weighted by Gasteiger charge is 2.52. The summed E-state index contributed by atoms with van der Waals surface area (Å²) in [6, 6.07) is 33.9. The number of nitrogens with one attached hydrogen (secondary N) is 5. The SMILES string of the molecule is CC(C)C[C@@H]1NC(=O)[C@H]([C@@H](C)OCc2ccccc2)NC(=O)[C@@H]2CCCN2C(=O)[C@H](Cc2ccccc2)NC(=O)CN2C(=O)c3ccccc3[C@@]2(O)CN(Cc2ccccc2)C(=O)[C@@H]2CCCN2C(=O)[C@H](Cc2c[nH]c3ccccc23)NC1=O. The minimum atomic E-state index is -2.31. The van der Waals surface area contributed by atoms with Gasteiger partial charge in [0.1, 0.15) is 42.8 Å². The molecule has 0 bridgehead atoms. The number of carbonyl (C=O) groups is 8. The van der Waals surface area contributed by atoms with Crippen molar-refractivity contribution in [1.29, 1.82) is 0 Å². The average molecular weight is 1140 g/mol. The van der Waals surface area contributed by atoms with Crippen LogP contribution in [0.5, 0.6) is 0 Å². The number of nitrogens with zero attached hydrogens (tertiary/aromatic N) is 4. The van der Waals surface area contributed by atoms with Crippen LogP contribution in [0, 0.1) is 5.92 Å². The molecular formula is C65H73N9O10. The second-order valence-corrected chi connectivity index (χ2v) is 22.9. The summed E-state index contributed by atoms with van der Waals surface area (Å²) in [7, 11) is 0. The molecule has 3 fully saturated rings. The number of carbonyl (C=O) groups excluding carboxylic acids is 8. The van der Waals surface area contributed by atoms with Crippen LogP contribution >= 0.6 is 0 Å². The van der Waals surface area contributed by atoms with Crippen LogP contribution in [-0.2, 0) is 70.0 Å². The monoisotopic (exact) mass is 1140 g/mol. The summed E-state index contributed by atoms with van der Waals surface area (Å²) in [5.41, 5.74) is 1.63. The lowest BCUT2D eigenvalue weighted by atomic mass is 9.99. The minimum Gasteiger partial charge on any atom is -0.371 e. The number of para-hydroxylation sites is 1. The Kier molecular flexibility index (Phi) is 18.0. The van der Waals surface area contributed by atoms with Gasteiger partial charge in [0.05, 0.1) is 19.3 Å². The van der Waals surface area contributed by atoms with E-state index < -0.39 is 108 Å². The molecule has 4 aliphatic heterocycles. The van der Waals surface area contributed by atoms with Gasteiger partial charge in [-0.1, -0.05) is 141 Å². The topological polar surface area (TPSA) is 243 Å². The Labute approximate surface area is 488 Å². The summed E-state index contributed by atoms with van der Waals surface area (Å²) in [5, 5.41) is 25.8. The highest BCUT2D eigenvalue weighted by atomic mass is 16.5. The molecule has 3 saturated heterocycles. The van der Waals surface area contributed by atoms with E-state index in [1.807, 2.05) is 105 Å². The Morgan fingerprint density at radius 3 is 1.87 bits per heavy atom. The molecule has 8 amide bonds. The van der Waals surface area contributed by atoms with Crippen LogP contribution in [0.25, 0.3) is 10.9 Å². The third-order valence-corrected chi connectivity index (χ3v) is 16.6. The van der Waals surface area contributed by atoms with Crippen LogP contribution < -0.4 is 21.3 Å². The first kappa shape index (κ1) is 58.5. The average Bonchev–Trinajstić information content (AvgIpc) is 2.13. The van der Waals surface area contributed by atoms with Crippen LogP contribution in [0.1, 0.15) is 91.1 Å². The molecule has 19 heteroatoms. The number of β-amino-alcohol motifs (C(OH)–C–C–N with tert-alkyl or cyclic N) is 1. The number of aliphatic hydroxyl groups is 1. The predicted molar refractivity (Wildman–Crippen MR) is 313 cm³/mol. The van der Waals surface area contributed by atoms with Gasteiger partial charge in [0.2, 0.25) is 41.4 Å². The largest absolute Gasteiger partial charge is 0.371 e. The first-order chi connectivity index (χ1) is 40.6. The van der Waals surface area contributed by atoms with E-state index in [1.165, 1.54) is 20.8 Å². The molecule has 0 spiro atoms. The van der Waals surface area contributed by atoms with E-state index in [1.54, 1.807) is 55.6 Å². The Morgan fingerprint density at radius 1 is 0.595 bits per heavy atom. The molecule has 0 unspecified atom stereocenters. The number of benzene rings is 5. The van der Waals surface area contributed by atoms with Crippen molar-refractivity contribution in [3.63, 3.8) is 0 Å². The van der Waals surface area contributed by atoms with E-state index in [-0.39, 0.29) is 75.4 Å². The molecule has 1 aromatic heterocycles. The summed E-state index contributed by atoms with van der Waals surface area (Å²) in [6.45, 7) is 4.41. The Morgan fingerprint density at radius 2 is 1.18 bits per heavy atom. The molecule has 84 heavy (non-hydrogen) atoms. The van der Waals surface area contributed by atoms with Gasteiger partial charge >= 0.3 is 0 Å². The minimum absolute atomic E-state index is 0.0103. The van der Waals surface area contributed by atoms with Gasteiger partial charge in [0.15, 0.2) is 5.72 Å². The molecule has 0 saturated carbocycles. The Balaban J connectivity index is 1.06. The molecule has 438 valence electrons. The van der Waals surface area contributed by atoms with Crippen molar-refractivity contribution in [3.8, 4) is 0 Å². The van der Waals surface area contributed by atoms with Crippen LogP contribution in [0.3, 0.4) is 0 Å². The fourth-order valence-electron chi connectivity index (χ4n) is 12.3. The number of ether oxygens (including phenoxy) is 1. The van der Waals surface area contributed by atoms with Gasteiger partial charge in [-0.25, -0.2) is 0 Å². The zero-order chi connectivity index (χ0) is 59.1. The second kappa shape index (κ2) is 25.9.